The number of carbonyl (C=O) groups excluding carboxylic acids is 2. The molecule has 4 aromatic rings. The van der Waals surface area contributed by atoms with Crippen LogP contribution in [-0.4, -0.2) is 21.0 Å². The van der Waals surface area contributed by atoms with Gasteiger partial charge in [0.25, 0.3) is 0 Å². The first-order valence-electron chi connectivity index (χ1n) is 14.2. The third-order valence-corrected chi connectivity index (χ3v) is 8.92. The van der Waals surface area contributed by atoms with Gasteiger partial charge in [-0.25, -0.2) is 0 Å². The molecule has 1 aliphatic heterocycles. The lowest BCUT2D eigenvalue weighted by atomic mass is 9.71. The minimum absolute atomic E-state index is 0.184. The number of allylic oxidation sites excluding steroid dienone is 4. The van der Waals surface area contributed by atoms with E-state index in [2.05, 4.69) is 76.3 Å². The third kappa shape index (κ3) is 4.31. The highest BCUT2D eigenvalue weighted by molar-refractivity contribution is 6.30. The van der Waals surface area contributed by atoms with Crippen molar-refractivity contribution in [1.82, 2.24) is 9.47 Å². The summed E-state index contributed by atoms with van der Waals surface area (Å²) in [7, 11) is 0. The van der Waals surface area contributed by atoms with E-state index in [-0.39, 0.29) is 17.5 Å². The summed E-state index contributed by atoms with van der Waals surface area (Å²) < 4.78 is 2.26. The third-order valence-electron chi connectivity index (χ3n) is 8.67. The van der Waals surface area contributed by atoms with Crippen LogP contribution in [0.4, 0.5) is 0 Å². The van der Waals surface area contributed by atoms with Crippen molar-refractivity contribution >= 4 is 34.1 Å². The maximum absolute atomic E-state index is 13.8. The van der Waals surface area contributed by atoms with Crippen molar-refractivity contribution in [3.63, 3.8) is 0 Å². The summed E-state index contributed by atoms with van der Waals surface area (Å²) >= 11 is 6.15. The second-order valence-electron chi connectivity index (χ2n) is 11.1. The van der Waals surface area contributed by atoms with E-state index in [1.165, 1.54) is 5.56 Å². The fourth-order valence-electron chi connectivity index (χ4n) is 6.91. The van der Waals surface area contributed by atoms with Crippen molar-refractivity contribution in [3.8, 4) is 0 Å². The Morgan fingerprint density at radius 1 is 0.675 bits per heavy atom. The number of hydrogen-bond donors (Lipinski definition) is 0. The summed E-state index contributed by atoms with van der Waals surface area (Å²) in [6.07, 6.45) is 6.69. The van der Waals surface area contributed by atoms with Crippen LogP contribution in [0, 0.1) is 0 Å². The van der Waals surface area contributed by atoms with Gasteiger partial charge in [-0.15, -0.1) is 0 Å². The molecule has 0 bridgehead atoms. The minimum Gasteiger partial charge on any atom is -0.343 e. The summed E-state index contributed by atoms with van der Waals surface area (Å²) in [5, 5.41) is 1.82. The van der Waals surface area contributed by atoms with Crippen LogP contribution in [0.1, 0.15) is 61.1 Å². The highest BCUT2D eigenvalue weighted by Crippen LogP contribution is 2.51. The molecule has 0 saturated heterocycles. The first-order valence-corrected chi connectivity index (χ1v) is 14.6. The molecule has 0 radical (unpaired) electrons. The number of para-hydroxylation sites is 1. The minimum atomic E-state index is -0.325. The number of aromatic nitrogens is 1. The molecule has 0 saturated carbocycles. The predicted molar refractivity (Wildman–Crippen MR) is 159 cm³/mol. The molecule has 2 aliphatic carbocycles. The van der Waals surface area contributed by atoms with Gasteiger partial charge in [-0.2, -0.15) is 0 Å². The highest BCUT2D eigenvalue weighted by Gasteiger charge is 2.44. The van der Waals surface area contributed by atoms with E-state index in [0.29, 0.717) is 25.9 Å². The fraction of sp³-hybridized carbons (Fsp3) is 0.257. The molecule has 0 atom stereocenters. The molecule has 0 amide bonds. The van der Waals surface area contributed by atoms with Crippen LogP contribution in [0.2, 0.25) is 5.02 Å². The zero-order valence-electron chi connectivity index (χ0n) is 22.4. The summed E-state index contributed by atoms with van der Waals surface area (Å²) in [6.45, 7) is 1.37. The van der Waals surface area contributed by atoms with Crippen molar-refractivity contribution in [3.05, 3.63) is 129 Å². The Labute approximate surface area is 239 Å². The lowest BCUT2D eigenvalue weighted by molar-refractivity contribution is -0.117. The molecule has 4 nitrogen and oxygen atoms in total. The van der Waals surface area contributed by atoms with Crippen molar-refractivity contribution in [2.45, 2.75) is 57.5 Å². The summed E-state index contributed by atoms with van der Waals surface area (Å²) in [4.78, 5) is 30.0. The van der Waals surface area contributed by atoms with Crippen molar-refractivity contribution in [2.24, 2.45) is 0 Å². The van der Waals surface area contributed by atoms with Crippen LogP contribution < -0.4 is 0 Å². The molecule has 2 heterocycles. The first-order chi connectivity index (χ1) is 19.6. The molecule has 3 aromatic carbocycles. The number of halogens is 1. The molecule has 3 aliphatic rings. The number of rotatable bonds is 5. The van der Waals surface area contributed by atoms with E-state index in [0.717, 1.165) is 75.3 Å². The number of Topliss-reactive ketones (excluding diaryl/α,β-unsaturated/α-hetero) is 2. The Morgan fingerprint density at radius 3 is 1.95 bits per heavy atom. The zero-order chi connectivity index (χ0) is 27.2. The maximum Gasteiger partial charge on any atom is 0.161 e. The second kappa shape index (κ2) is 10.3. The molecule has 1 aromatic heterocycles. The number of benzene rings is 3. The molecule has 40 heavy (non-hydrogen) atoms. The fourth-order valence-corrected chi connectivity index (χ4v) is 7.03. The summed E-state index contributed by atoms with van der Waals surface area (Å²) in [5.74, 6) is 0.0431. The normalized spacial score (nSPS) is 18.0. The van der Waals surface area contributed by atoms with Gasteiger partial charge in [-0.1, -0.05) is 72.3 Å². The SMILES string of the molecule is O=C1CCCC2=C1C(c1cn(Cc3ccc(Cl)cc3)c3ccccc13)C1=C(CCCC1=O)N2Cc1ccccc1. The monoisotopic (exact) mass is 546 g/mol. The predicted octanol–water partition coefficient (Wildman–Crippen LogP) is 7.96. The topological polar surface area (TPSA) is 42.3 Å². The molecule has 0 fully saturated rings. The van der Waals surface area contributed by atoms with Crippen molar-refractivity contribution in [1.29, 1.82) is 0 Å². The van der Waals surface area contributed by atoms with Crippen LogP contribution in [0.5, 0.6) is 0 Å². The molecule has 200 valence electrons. The lowest BCUT2D eigenvalue weighted by Crippen LogP contribution is -2.38. The van der Waals surface area contributed by atoms with Gasteiger partial charge in [0.1, 0.15) is 0 Å². The average molecular weight is 547 g/mol. The van der Waals surface area contributed by atoms with Gasteiger partial charge >= 0.3 is 0 Å². The largest absolute Gasteiger partial charge is 0.343 e. The van der Waals surface area contributed by atoms with Gasteiger partial charge in [-0.3, -0.25) is 9.59 Å². The van der Waals surface area contributed by atoms with Gasteiger partial charge in [0.2, 0.25) is 0 Å². The number of carbonyl (C=O) groups is 2. The van der Waals surface area contributed by atoms with E-state index in [1.807, 2.05) is 18.2 Å². The Balaban J connectivity index is 1.42. The van der Waals surface area contributed by atoms with Gasteiger partial charge in [0, 0.05) is 76.5 Å². The smallest absolute Gasteiger partial charge is 0.161 e. The maximum atomic E-state index is 13.8. The zero-order valence-corrected chi connectivity index (χ0v) is 23.2. The van der Waals surface area contributed by atoms with Gasteiger partial charge in [-0.05, 0) is 60.6 Å². The number of nitrogens with zero attached hydrogens (tertiary/aromatic N) is 2. The standard InChI is InChI=1S/C35H31ClN2O2/c36-25-18-16-24(17-19-25)20-37-22-27(26-10-4-5-11-28(26)37)33-34-29(12-6-14-31(34)39)38(21-23-8-2-1-3-9-23)30-13-7-15-32(40)35(30)33/h1-5,8-11,16-19,22,33H,6-7,12-15,20-21H2. The van der Waals surface area contributed by atoms with E-state index >= 15 is 0 Å². The van der Waals surface area contributed by atoms with Crippen LogP contribution in [0.3, 0.4) is 0 Å². The molecular weight excluding hydrogens is 516 g/mol. The van der Waals surface area contributed by atoms with Crippen LogP contribution in [0.15, 0.2) is 108 Å². The molecule has 0 spiro atoms. The molecule has 7 rings (SSSR count). The van der Waals surface area contributed by atoms with E-state index in [9.17, 15) is 9.59 Å². The average Bonchev–Trinajstić information content (AvgIpc) is 3.33. The van der Waals surface area contributed by atoms with Crippen LogP contribution >= 0.6 is 11.6 Å². The van der Waals surface area contributed by atoms with E-state index < -0.39 is 0 Å². The number of hydrogen-bond acceptors (Lipinski definition) is 3. The highest BCUT2D eigenvalue weighted by atomic mass is 35.5. The Morgan fingerprint density at radius 2 is 1.27 bits per heavy atom. The molecule has 5 heteroatoms. The number of fused-ring (bicyclic) bond motifs is 1. The van der Waals surface area contributed by atoms with Crippen LogP contribution in [-0.2, 0) is 22.7 Å². The van der Waals surface area contributed by atoms with E-state index in [1.54, 1.807) is 0 Å². The van der Waals surface area contributed by atoms with Crippen molar-refractivity contribution < 1.29 is 9.59 Å². The van der Waals surface area contributed by atoms with Gasteiger partial charge in [0.15, 0.2) is 11.6 Å². The quantitative estimate of drug-likeness (QED) is 0.255. The Bertz CT molecular complexity index is 1650. The summed E-state index contributed by atoms with van der Waals surface area (Å²) in [5.41, 5.74) is 8.42. The van der Waals surface area contributed by atoms with E-state index in [4.69, 9.17) is 11.6 Å². The first kappa shape index (κ1) is 25.1. The van der Waals surface area contributed by atoms with Crippen molar-refractivity contribution in [2.75, 3.05) is 0 Å². The number of ketones is 2. The van der Waals surface area contributed by atoms with Gasteiger partial charge in [0.05, 0.1) is 0 Å². The lowest BCUT2D eigenvalue weighted by Gasteiger charge is -2.44. The molecule has 0 unspecified atom stereocenters. The molecule has 0 N–H and O–H groups in total. The Hall–Kier alpha value is -3.89. The molecular formula is C35H31ClN2O2. The van der Waals surface area contributed by atoms with Gasteiger partial charge < -0.3 is 9.47 Å². The Kier molecular flexibility index (Phi) is 6.44. The summed E-state index contributed by atoms with van der Waals surface area (Å²) in [6, 6.07) is 26.7. The second-order valence-corrected chi connectivity index (χ2v) is 11.6. The van der Waals surface area contributed by atoms with Crippen LogP contribution in [0.25, 0.3) is 10.9 Å².